The summed E-state index contributed by atoms with van der Waals surface area (Å²) in [5, 5.41) is 7.47. The van der Waals surface area contributed by atoms with Gasteiger partial charge in [0.05, 0.1) is 17.7 Å². The molecule has 1 saturated heterocycles. The van der Waals surface area contributed by atoms with Crippen molar-refractivity contribution >= 4 is 40.3 Å². The number of ether oxygens (including phenoxy) is 1. The number of para-hydroxylation sites is 1. The fourth-order valence-corrected chi connectivity index (χ4v) is 4.04. The van der Waals surface area contributed by atoms with Gasteiger partial charge >= 0.3 is 0 Å². The fourth-order valence-electron chi connectivity index (χ4n) is 3.01. The molecule has 1 amide bonds. The molecular weight excluding hydrogens is 390 g/mol. The van der Waals surface area contributed by atoms with Crippen molar-refractivity contribution in [3.63, 3.8) is 0 Å². The second kappa shape index (κ2) is 7.61. The number of rotatable bonds is 4. The average Bonchev–Trinajstić information content (AvgIpc) is 3.25. The van der Waals surface area contributed by atoms with Crippen molar-refractivity contribution in [2.75, 3.05) is 7.11 Å². The van der Waals surface area contributed by atoms with Gasteiger partial charge in [-0.1, -0.05) is 42.2 Å². The lowest BCUT2D eigenvalue weighted by molar-refractivity contribution is -0.115. The molecule has 1 N–H and O–H groups in total. The Hall–Kier alpha value is -2.90. The van der Waals surface area contributed by atoms with Crippen LogP contribution in [0.1, 0.15) is 11.1 Å². The second-order valence-electron chi connectivity index (χ2n) is 6.25. The fraction of sp³-hybridized carbons (Fsp3) is 0.0952. The highest BCUT2D eigenvalue weighted by atomic mass is 32.2. The number of nitrogens with zero attached hydrogens (tertiary/aromatic N) is 2. The van der Waals surface area contributed by atoms with Crippen LogP contribution in [0, 0.1) is 6.92 Å². The summed E-state index contributed by atoms with van der Waals surface area (Å²) >= 11 is 6.36. The van der Waals surface area contributed by atoms with Crippen molar-refractivity contribution in [1.82, 2.24) is 15.1 Å². The van der Waals surface area contributed by atoms with Crippen LogP contribution >= 0.6 is 24.0 Å². The zero-order chi connectivity index (χ0) is 19.7. The molecule has 0 aliphatic carbocycles. The van der Waals surface area contributed by atoms with Crippen LogP contribution in [0.15, 0.2) is 59.6 Å². The molecule has 140 valence electrons. The van der Waals surface area contributed by atoms with E-state index in [1.807, 2.05) is 72.4 Å². The van der Waals surface area contributed by atoms with Crippen LogP contribution in [-0.4, -0.2) is 27.1 Å². The molecule has 2 heterocycles. The SMILES string of the molecule is COc1ccc(-c2nn(-c3ccccc3)cc2/C=C2\SC(=S)NC2=O)c(C)c1. The average molecular weight is 408 g/mol. The monoisotopic (exact) mass is 407 g/mol. The van der Waals surface area contributed by atoms with E-state index < -0.39 is 0 Å². The molecule has 0 spiro atoms. The van der Waals surface area contributed by atoms with Gasteiger partial charge in [0, 0.05) is 17.3 Å². The quantitative estimate of drug-likeness (QED) is 0.515. The van der Waals surface area contributed by atoms with Gasteiger partial charge in [-0.05, 0) is 48.9 Å². The van der Waals surface area contributed by atoms with Gasteiger partial charge in [0.2, 0.25) is 0 Å². The number of aryl methyl sites for hydroxylation is 1. The Balaban J connectivity index is 1.86. The standard InChI is InChI=1S/C21H17N3O2S2/c1-13-10-16(26-2)8-9-17(13)19-14(11-18-20(25)22-21(27)28-18)12-24(23-19)15-6-4-3-5-7-15/h3-12H,1-2H3,(H,22,25,27)/b18-11-. The molecule has 3 aromatic rings. The lowest BCUT2D eigenvalue weighted by atomic mass is 10.0. The first-order valence-electron chi connectivity index (χ1n) is 8.60. The highest BCUT2D eigenvalue weighted by Gasteiger charge is 2.23. The topological polar surface area (TPSA) is 56.1 Å². The third kappa shape index (κ3) is 3.58. The normalized spacial score (nSPS) is 15.1. The molecule has 5 nitrogen and oxygen atoms in total. The van der Waals surface area contributed by atoms with E-state index in [1.54, 1.807) is 7.11 Å². The van der Waals surface area contributed by atoms with Crippen LogP contribution < -0.4 is 10.1 Å². The molecule has 7 heteroatoms. The van der Waals surface area contributed by atoms with E-state index in [0.29, 0.717) is 9.23 Å². The van der Waals surface area contributed by atoms with Crippen molar-refractivity contribution in [3.05, 3.63) is 70.8 Å². The maximum absolute atomic E-state index is 12.1. The summed E-state index contributed by atoms with van der Waals surface area (Å²) in [6, 6.07) is 15.7. The number of amides is 1. The van der Waals surface area contributed by atoms with Gasteiger partial charge in [-0.15, -0.1) is 0 Å². The molecule has 2 aromatic carbocycles. The van der Waals surface area contributed by atoms with Crippen LogP contribution in [0.25, 0.3) is 23.0 Å². The molecule has 0 atom stereocenters. The molecule has 0 saturated carbocycles. The number of nitrogens with one attached hydrogen (secondary N) is 1. The van der Waals surface area contributed by atoms with Gasteiger partial charge in [-0.3, -0.25) is 4.79 Å². The lowest BCUT2D eigenvalue weighted by Gasteiger charge is -2.07. The largest absolute Gasteiger partial charge is 0.497 e. The predicted molar refractivity (Wildman–Crippen MR) is 117 cm³/mol. The van der Waals surface area contributed by atoms with E-state index in [0.717, 1.165) is 33.8 Å². The summed E-state index contributed by atoms with van der Waals surface area (Å²) in [5.74, 6) is 0.611. The molecule has 1 aromatic heterocycles. The highest BCUT2D eigenvalue weighted by molar-refractivity contribution is 8.26. The van der Waals surface area contributed by atoms with E-state index in [9.17, 15) is 4.79 Å². The molecule has 1 fully saturated rings. The Bertz CT molecular complexity index is 1100. The second-order valence-corrected chi connectivity index (χ2v) is 7.97. The van der Waals surface area contributed by atoms with E-state index in [2.05, 4.69) is 5.32 Å². The number of carbonyl (C=O) groups is 1. The summed E-state index contributed by atoms with van der Waals surface area (Å²) in [7, 11) is 1.65. The lowest BCUT2D eigenvalue weighted by Crippen LogP contribution is -2.17. The molecule has 0 unspecified atom stereocenters. The van der Waals surface area contributed by atoms with Gasteiger partial charge in [-0.2, -0.15) is 5.10 Å². The summed E-state index contributed by atoms with van der Waals surface area (Å²) in [6.45, 7) is 2.02. The van der Waals surface area contributed by atoms with Crippen molar-refractivity contribution in [3.8, 4) is 22.7 Å². The Morgan fingerprint density at radius 3 is 2.64 bits per heavy atom. The number of carbonyl (C=O) groups excluding carboxylic acids is 1. The van der Waals surface area contributed by atoms with Crippen molar-refractivity contribution in [2.45, 2.75) is 6.92 Å². The Morgan fingerprint density at radius 1 is 1.21 bits per heavy atom. The van der Waals surface area contributed by atoms with Gasteiger partial charge < -0.3 is 10.1 Å². The minimum atomic E-state index is -0.181. The number of thiocarbonyl (C=S) groups is 1. The molecule has 4 rings (SSSR count). The minimum absolute atomic E-state index is 0.181. The van der Waals surface area contributed by atoms with Gasteiger partial charge in [0.25, 0.3) is 5.91 Å². The number of hydrogen-bond donors (Lipinski definition) is 1. The zero-order valence-electron chi connectivity index (χ0n) is 15.3. The molecular formula is C21H17N3O2S2. The first kappa shape index (κ1) is 18.5. The number of hydrogen-bond acceptors (Lipinski definition) is 5. The summed E-state index contributed by atoms with van der Waals surface area (Å²) in [5.41, 5.74) is 4.60. The summed E-state index contributed by atoms with van der Waals surface area (Å²) in [6.07, 6.45) is 3.77. The van der Waals surface area contributed by atoms with Crippen LogP contribution in [0.4, 0.5) is 0 Å². The Labute approximate surface area is 172 Å². The van der Waals surface area contributed by atoms with Gasteiger partial charge in [0.15, 0.2) is 0 Å². The summed E-state index contributed by atoms with van der Waals surface area (Å²) < 4.78 is 7.60. The number of benzene rings is 2. The summed E-state index contributed by atoms with van der Waals surface area (Å²) in [4.78, 5) is 12.7. The van der Waals surface area contributed by atoms with E-state index in [1.165, 1.54) is 11.8 Å². The molecule has 1 aliphatic heterocycles. The number of methoxy groups -OCH3 is 1. The Morgan fingerprint density at radius 2 is 2.00 bits per heavy atom. The minimum Gasteiger partial charge on any atom is -0.497 e. The van der Waals surface area contributed by atoms with Crippen molar-refractivity contribution in [1.29, 1.82) is 0 Å². The van der Waals surface area contributed by atoms with E-state index in [4.69, 9.17) is 22.1 Å². The number of aromatic nitrogens is 2. The smallest absolute Gasteiger partial charge is 0.263 e. The zero-order valence-corrected chi connectivity index (χ0v) is 16.9. The van der Waals surface area contributed by atoms with Crippen LogP contribution in [0.3, 0.4) is 0 Å². The first-order chi connectivity index (χ1) is 13.5. The highest BCUT2D eigenvalue weighted by Crippen LogP contribution is 2.33. The first-order valence-corrected chi connectivity index (χ1v) is 9.82. The van der Waals surface area contributed by atoms with Crippen LogP contribution in [-0.2, 0) is 4.79 Å². The molecule has 1 aliphatic rings. The van der Waals surface area contributed by atoms with Gasteiger partial charge in [-0.25, -0.2) is 4.68 Å². The maximum atomic E-state index is 12.1. The molecule has 0 radical (unpaired) electrons. The van der Waals surface area contributed by atoms with Crippen LogP contribution in [0.5, 0.6) is 5.75 Å². The maximum Gasteiger partial charge on any atom is 0.263 e. The third-order valence-electron chi connectivity index (χ3n) is 4.38. The number of thioether (sulfide) groups is 1. The predicted octanol–water partition coefficient (Wildman–Crippen LogP) is 4.35. The third-order valence-corrected chi connectivity index (χ3v) is 5.54. The van der Waals surface area contributed by atoms with E-state index >= 15 is 0 Å². The van der Waals surface area contributed by atoms with Gasteiger partial charge in [0.1, 0.15) is 15.8 Å². The van der Waals surface area contributed by atoms with E-state index in [-0.39, 0.29) is 5.91 Å². The van der Waals surface area contributed by atoms with Crippen molar-refractivity contribution in [2.24, 2.45) is 0 Å². The molecule has 0 bridgehead atoms. The Kier molecular flexibility index (Phi) is 5.02. The van der Waals surface area contributed by atoms with Crippen molar-refractivity contribution < 1.29 is 9.53 Å². The molecule has 28 heavy (non-hydrogen) atoms. The van der Waals surface area contributed by atoms with Crippen LogP contribution in [0.2, 0.25) is 0 Å².